The summed E-state index contributed by atoms with van der Waals surface area (Å²) in [5.74, 6) is -0.0703. The lowest BCUT2D eigenvalue weighted by atomic mass is 10.0. The van der Waals surface area contributed by atoms with E-state index >= 15 is 0 Å². The monoisotopic (exact) mass is 249 g/mol. The van der Waals surface area contributed by atoms with Gasteiger partial charge >= 0.3 is 5.97 Å². The lowest BCUT2D eigenvalue weighted by molar-refractivity contribution is -0.137. The maximum absolute atomic E-state index is 10.5. The number of rotatable bonds is 7. The third kappa shape index (κ3) is 5.01. The molecular weight excluding hydrogens is 230 g/mol. The van der Waals surface area contributed by atoms with Crippen molar-refractivity contribution in [1.82, 2.24) is 0 Å². The molecule has 1 aromatic carbocycles. The molecule has 0 bridgehead atoms. The fourth-order valence-electron chi connectivity index (χ4n) is 1.46. The molecule has 0 heterocycles. The first-order chi connectivity index (χ1) is 8.49. The van der Waals surface area contributed by atoms with Crippen molar-refractivity contribution >= 4 is 5.97 Å². The molecule has 1 unspecified atom stereocenters. The van der Waals surface area contributed by atoms with E-state index in [1.54, 1.807) is 0 Å². The number of nitrogens with two attached hydrogens (primary N) is 1. The van der Waals surface area contributed by atoms with Gasteiger partial charge in [-0.2, -0.15) is 0 Å². The zero-order chi connectivity index (χ0) is 13.5. The summed E-state index contributed by atoms with van der Waals surface area (Å²) < 4.78 is 5.47. The molecule has 98 valence electrons. The van der Waals surface area contributed by atoms with E-state index < -0.39 is 5.97 Å². The number of carboxylic acid groups (broad SMARTS) is 1. The Balaban J connectivity index is 2.53. The summed E-state index contributed by atoms with van der Waals surface area (Å²) in [4.78, 5) is 10.5. The first-order valence-corrected chi connectivity index (χ1v) is 5.83. The van der Waals surface area contributed by atoms with Gasteiger partial charge in [0.1, 0.15) is 12.4 Å². The van der Waals surface area contributed by atoms with Gasteiger partial charge in [0, 0.05) is 12.5 Å². The van der Waals surface area contributed by atoms with Crippen molar-refractivity contribution in [3.63, 3.8) is 0 Å². The van der Waals surface area contributed by atoms with Crippen LogP contribution in [0.15, 0.2) is 36.4 Å². The zero-order valence-corrected chi connectivity index (χ0v) is 10.6. The van der Waals surface area contributed by atoms with Crippen LogP contribution in [0.5, 0.6) is 5.75 Å². The molecule has 1 aromatic rings. The summed E-state index contributed by atoms with van der Waals surface area (Å²) in [6, 6.07) is 7.13. The molecule has 0 aromatic heterocycles. The van der Waals surface area contributed by atoms with E-state index in [-0.39, 0.29) is 12.5 Å². The van der Waals surface area contributed by atoms with E-state index in [0.29, 0.717) is 13.0 Å². The largest absolute Gasteiger partial charge is 0.489 e. The van der Waals surface area contributed by atoms with E-state index in [0.717, 1.165) is 16.9 Å². The van der Waals surface area contributed by atoms with Crippen molar-refractivity contribution in [2.24, 2.45) is 5.73 Å². The standard InChI is InChI=1S/C14H19NO3/c1-10(2)9-18-12-5-3-11(4-6-12)13(15)7-8-14(16)17/h3-6,13H,1,7-9,15H2,2H3,(H,16,17). The van der Waals surface area contributed by atoms with Crippen molar-refractivity contribution in [2.75, 3.05) is 6.61 Å². The van der Waals surface area contributed by atoms with Crippen molar-refractivity contribution in [1.29, 1.82) is 0 Å². The molecule has 1 atom stereocenters. The fraction of sp³-hybridized carbons (Fsp3) is 0.357. The molecule has 4 nitrogen and oxygen atoms in total. The van der Waals surface area contributed by atoms with Crippen LogP contribution >= 0.6 is 0 Å². The molecule has 0 spiro atoms. The van der Waals surface area contributed by atoms with Crippen LogP contribution in [0, 0.1) is 0 Å². The van der Waals surface area contributed by atoms with E-state index in [9.17, 15) is 4.79 Å². The molecule has 3 N–H and O–H groups in total. The number of ether oxygens (including phenoxy) is 1. The Kier molecular flexibility index (Phi) is 5.39. The van der Waals surface area contributed by atoms with Gasteiger partial charge < -0.3 is 15.6 Å². The first kappa shape index (κ1) is 14.3. The maximum Gasteiger partial charge on any atom is 0.303 e. The summed E-state index contributed by atoms with van der Waals surface area (Å²) in [7, 11) is 0. The Bertz CT molecular complexity index is 412. The van der Waals surface area contributed by atoms with Gasteiger partial charge in [0.2, 0.25) is 0 Å². The van der Waals surface area contributed by atoms with Crippen LogP contribution in [-0.2, 0) is 4.79 Å². The highest BCUT2D eigenvalue weighted by atomic mass is 16.5. The number of aliphatic carboxylic acids is 1. The van der Waals surface area contributed by atoms with Gasteiger partial charge in [-0.15, -0.1) is 0 Å². The summed E-state index contributed by atoms with van der Waals surface area (Å²) in [5, 5.41) is 8.59. The van der Waals surface area contributed by atoms with Gasteiger partial charge in [-0.3, -0.25) is 4.79 Å². The molecule has 0 saturated carbocycles. The topological polar surface area (TPSA) is 72.5 Å². The number of benzene rings is 1. The minimum Gasteiger partial charge on any atom is -0.489 e. The van der Waals surface area contributed by atoms with Crippen LogP contribution < -0.4 is 10.5 Å². The predicted molar refractivity (Wildman–Crippen MR) is 70.5 cm³/mol. The quantitative estimate of drug-likeness (QED) is 0.728. The maximum atomic E-state index is 10.5. The summed E-state index contributed by atoms with van der Waals surface area (Å²) >= 11 is 0. The van der Waals surface area contributed by atoms with Crippen LogP contribution in [0.2, 0.25) is 0 Å². The predicted octanol–water partition coefficient (Wildman–Crippen LogP) is 2.51. The second-order valence-corrected chi connectivity index (χ2v) is 4.35. The molecule has 0 aliphatic rings. The highest BCUT2D eigenvalue weighted by Gasteiger charge is 2.08. The second kappa shape index (κ2) is 6.81. The van der Waals surface area contributed by atoms with Crippen molar-refractivity contribution < 1.29 is 14.6 Å². The highest BCUT2D eigenvalue weighted by Crippen LogP contribution is 2.19. The van der Waals surface area contributed by atoms with E-state index in [1.807, 2.05) is 31.2 Å². The molecular formula is C14H19NO3. The van der Waals surface area contributed by atoms with Crippen LogP contribution in [-0.4, -0.2) is 17.7 Å². The number of carbonyl (C=O) groups is 1. The number of carboxylic acids is 1. The van der Waals surface area contributed by atoms with Gasteiger partial charge in [-0.1, -0.05) is 18.7 Å². The Labute approximate surface area is 107 Å². The molecule has 18 heavy (non-hydrogen) atoms. The molecule has 0 amide bonds. The second-order valence-electron chi connectivity index (χ2n) is 4.35. The van der Waals surface area contributed by atoms with E-state index in [1.165, 1.54) is 0 Å². The first-order valence-electron chi connectivity index (χ1n) is 5.83. The van der Waals surface area contributed by atoms with Crippen LogP contribution in [0.25, 0.3) is 0 Å². The van der Waals surface area contributed by atoms with Crippen molar-refractivity contribution in [3.8, 4) is 5.75 Å². The lowest BCUT2D eigenvalue weighted by Gasteiger charge is -2.12. The highest BCUT2D eigenvalue weighted by molar-refractivity contribution is 5.66. The summed E-state index contributed by atoms with van der Waals surface area (Å²) in [6.45, 7) is 6.15. The Morgan fingerprint density at radius 2 is 2.06 bits per heavy atom. The van der Waals surface area contributed by atoms with Gasteiger partial charge in [0.25, 0.3) is 0 Å². The van der Waals surface area contributed by atoms with Gasteiger partial charge in [0.15, 0.2) is 0 Å². The summed E-state index contributed by atoms with van der Waals surface area (Å²) in [5.41, 5.74) is 7.77. The Morgan fingerprint density at radius 3 is 2.56 bits per heavy atom. The van der Waals surface area contributed by atoms with Gasteiger partial charge in [-0.05, 0) is 36.6 Å². The fourth-order valence-corrected chi connectivity index (χ4v) is 1.46. The normalized spacial score (nSPS) is 11.9. The van der Waals surface area contributed by atoms with E-state index in [2.05, 4.69) is 6.58 Å². The number of hydrogen-bond acceptors (Lipinski definition) is 3. The minimum absolute atomic E-state index is 0.0784. The minimum atomic E-state index is -0.827. The molecule has 0 aliphatic heterocycles. The van der Waals surface area contributed by atoms with E-state index in [4.69, 9.17) is 15.6 Å². The molecule has 1 rings (SSSR count). The SMILES string of the molecule is C=C(C)COc1ccc(C(N)CCC(=O)O)cc1. The third-order valence-electron chi connectivity index (χ3n) is 2.46. The van der Waals surface area contributed by atoms with Crippen LogP contribution in [0.3, 0.4) is 0 Å². The smallest absolute Gasteiger partial charge is 0.303 e. The average Bonchev–Trinajstić information content (AvgIpc) is 2.34. The van der Waals surface area contributed by atoms with Crippen LogP contribution in [0.4, 0.5) is 0 Å². The molecule has 0 radical (unpaired) electrons. The average molecular weight is 249 g/mol. The van der Waals surface area contributed by atoms with Crippen molar-refractivity contribution in [2.45, 2.75) is 25.8 Å². The zero-order valence-electron chi connectivity index (χ0n) is 10.6. The Morgan fingerprint density at radius 1 is 1.44 bits per heavy atom. The third-order valence-corrected chi connectivity index (χ3v) is 2.46. The number of hydrogen-bond donors (Lipinski definition) is 2. The van der Waals surface area contributed by atoms with Crippen molar-refractivity contribution in [3.05, 3.63) is 42.0 Å². The summed E-state index contributed by atoms with van der Waals surface area (Å²) in [6.07, 6.45) is 0.510. The van der Waals surface area contributed by atoms with Gasteiger partial charge in [0.05, 0.1) is 0 Å². The van der Waals surface area contributed by atoms with Gasteiger partial charge in [-0.25, -0.2) is 0 Å². The molecule has 0 saturated heterocycles. The lowest BCUT2D eigenvalue weighted by Crippen LogP contribution is -2.12. The molecule has 4 heteroatoms. The molecule has 0 aliphatic carbocycles. The van der Waals surface area contributed by atoms with Crippen LogP contribution in [0.1, 0.15) is 31.4 Å². The molecule has 0 fully saturated rings. The Hall–Kier alpha value is -1.81.